The molecule has 166 valence electrons. The number of rotatable bonds is 3. The van der Waals surface area contributed by atoms with E-state index in [1.54, 1.807) is 19.1 Å². The van der Waals surface area contributed by atoms with Gasteiger partial charge in [-0.3, -0.25) is 14.9 Å². The molecule has 2 N–H and O–H groups in total. The second-order valence-corrected chi connectivity index (χ2v) is 8.88. The molecule has 0 aromatic heterocycles. The Morgan fingerprint density at radius 3 is 2.33 bits per heavy atom. The monoisotopic (exact) mass is 439 g/mol. The van der Waals surface area contributed by atoms with Gasteiger partial charge in [-0.25, -0.2) is 0 Å². The number of aryl methyl sites for hydroxylation is 2. The molecule has 0 spiro atoms. The molecule has 5 rings (SSSR count). The van der Waals surface area contributed by atoms with Crippen molar-refractivity contribution in [2.45, 2.75) is 38.6 Å². The van der Waals surface area contributed by atoms with Gasteiger partial charge in [-0.1, -0.05) is 54.1 Å². The van der Waals surface area contributed by atoms with Gasteiger partial charge in [0.25, 0.3) is 5.69 Å². The van der Waals surface area contributed by atoms with Crippen molar-refractivity contribution in [2.75, 3.05) is 10.6 Å². The van der Waals surface area contributed by atoms with Gasteiger partial charge in [0.2, 0.25) is 0 Å². The first kappa shape index (κ1) is 20.9. The van der Waals surface area contributed by atoms with E-state index >= 15 is 0 Å². The maximum atomic E-state index is 13.6. The lowest BCUT2D eigenvalue weighted by Gasteiger charge is -2.30. The minimum Gasteiger partial charge on any atom is -0.372 e. The van der Waals surface area contributed by atoms with Crippen LogP contribution in [0, 0.1) is 24.0 Å². The third-order valence-electron chi connectivity index (χ3n) is 6.62. The number of Topliss-reactive ketones (excluding diaryl/α,β-unsaturated/α-hetero) is 1. The zero-order valence-corrected chi connectivity index (χ0v) is 18.6. The van der Waals surface area contributed by atoms with Crippen LogP contribution >= 0.6 is 0 Å². The van der Waals surface area contributed by atoms with Gasteiger partial charge in [-0.15, -0.1) is 0 Å². The summed E-state index contributed by atoms with van der Waals surface area (Å²) in [7, 11) is 0. The van der Waals surface area contributed by atoms with E-state index in [0.29, 0.717) is 29.5 Å². The quantitative estimate of drug-likeness (QED) is 0.375. The van der Waals surface area contributed by atoms with E-state index in [2.05, 4.69) is 41.8 Å². The lowest BCUT2D eigenvalue weighted by atomic mass is 9.78. The summed E-state index contributed by atoms with van der Waals surface area (Å²) in [5.41, 5.74) is 6.99. The second kappa shape index (κ2) is 8.20. The topological polar surface area (TPSA) is 84.3 Å². The molecule has 0 amide bonds. The predicted octanol–water partition coefficient (Wildman–Crippen LogP) is 6.19. The first-order valence-corrected chi connectivity index (χ1v) is 11.1. The molecule has 0 radical (unpaired) electrons. The SMILES string of the molecule is Cc1ccc([C@H]2CC(=O)C3=C(C2)Nc2ccccc2N[C@H]3c2ccc(C)c([N+](=O)[O-])c2)cc1. The van der Waals surface area contributed by atoms with Gasteiger partial charge in [-0.2, -0.15) is 0 Å². The van der Waals surface area contributed by atoms with Gasteiger partial charge in [0, 0.05) is 29.3 Å². The Morgan fingerprint density at radius 2 is 1.61 bits per heavy atom. The number of benzene rings is 3. The van der Waals surface area contributed by atoms with Crippen LogP contribution in [0.3, 0.4) is 0 Å². The molecule has 0 unspecified atom stereocenters. The Labute approximate surface area is 192 Å². The molecular formula is C27H25N3O3. The van der Waals surface area contributed by atoms with Crippen LogP contribution in [-0.2, 0) is 4.79 Å². The van der Waals surface area contributed by atoms with Crippen molar-refractivity contribution < 1.29 is 9.72 Å². The molecule has 0 saturated heterocycles. The molecule has 1 aliphatic heterocycles. The molecule has 1 aliphatic carbocycles. The second-order valence-electron chi connectivity index (χ2n) is 8.88. The van der Waals surface area contributed by atoms with E-state index in [1.165, 1.54) is 5.56 Å². The van der Waals surface area contributed by atoms with Crippen LogP contribution in [0.15, 0.2) is 78.0 Å². The van der Waals surface area contributed by atoms with Crippen molar-refractivity contribution in [1.29, 1.82) is 0 Å². The van der Waals surface area contributed by atoms with Gasteiger partial charge in [-0.05, 0) is 49.4 Å². The molecule has 3 aromatic rings. The fourth-order valence-corrected chi connectivity index (χ4v) is 4.82. The number of anilines is 2. The van der Waals surface area contributed by atoms with Crippen molar-refractivity contribution in [3.05, 3.63) is 110 Å². The van der Waals surface area contributed by atoms with E-state index in [4.69, 9.17) is 0 Å². The van der Waals surface area contributed by atoms with E-state index in [0.717, 1.165) is 22.6 Å². The number of hydrogen-bond donors (Lipinski definition) is 2. The number of nitro benzene ring substituents is 1. The van der Waals surface area contributed by atoms with Crippen molar-refractivity contribution >= 4 is 22.8 Å². The Bertz CT molecular complexity index is 1290. The third kappa shape index (κ3) is 3.89. The predicted molar refractivity (Wildman–Crippen MR) is 129 cm³/mol. The lowest BCUT2D eigenvalue weighted by Crippen LogP contribution is -2.27. The van der Waals surface area contributed by atoms with Crippen molar-refractivity contribution in [3.63, 3.8) is 0 Å². The Morgan fingerprint density at radius 1 is 0.909 bits per heavy atom. The van der Waals surface area contributed by atoms with E-state index in [9.17, 15) is 14.9 Å². The number of carbonyl (C=O) groups excluding carboxylic acids is 1. The van der Waals surface area contributed by atoms with Crippen LogP contribution in [-0.4, -0.2) is 10.7 Å². The standard InChI is InChI=1S/C27H25N3O3/c1-16-7-10-18(11-8-16)20-13-23-26(25(31)15-20)27(29-22-6-4-3-5-21(22)28-23)19-12-9-17(2)24(14-19)30(32)33/h3-12,14,20,27-29H,13,15H2,1-2H3/t20-,27+/m1/s1. The van der Waals surface area contributed by atoms with Gasteiger partial charge < -0.3 is 10.6 Å². The normalized spacial score (nSPS) is 19.6. The van der Waals surface area contributed by atoms with Gasteiger partial charge >= 0.3 is 0 Å². The molecule has 0 bridgehead atoms. The fourth-order valence-electron chi connectivity index (χ4n) is 4.82. The summed E-state index contributed by atoms with van der Waals surface area (Å²) in [5.74, 6) is 0.144. The molecule has 6 nitrogen and oxygen atoms in total. The number of allylic oxidation sites excluding steroid dienone is 1. The van der Waals surface area contributed by atoms with Crippen molar-refractivity contribution in [3.8, 4) is 0 Å². The van der Waals surface area contributed by atoms with Crippen LogP contribution in [0.5, 0.6) is 0 Å². The smallest absolute Gasteiger partial charge is 0.272 e. The van der Waals surface area contributed by atoms with Gasteiger partial charge in [0.15, 0.2) is 5.78 Å². The number of nitrogens with one attached hydrogen (secondary N) is 2. The molecule has 0 saturated carbocycles. The Kier molecular flexibility index (Phi) is 5.21. The molecular weight excluding hydrogens is 414 g/mol. The minimum atomic E-state index is -0.470. The highest BCUT2D eigenvalue weighted by molar-refractivity contribution is 6.01. The summed E-state index contributed by atoms with van der Waals surface area (Å²) in [5, 5.41) is 18.6. The van der Waals surface area contributed by atoms with E-state index in [1.807, 2.05) is 30.3 Å². The summed E-state index contributed by atoms with van der Waals surface area (Å²) in [6, 6.07) is 20.9. The fraction of sp³-hybridized carbons (Fsp3) is 0.222. The van der Waals surface area contributed by atoms with Crippen molar-refractivity contribution in [2.24, 2.45) is 0 Å². The number of nitro groups is 1. The maximum absolute atomic E-state index is 13.6. The highest BCUT2D eigenvalue weighted by Crippen LogP contribution is 2.44. The third-order valence-corrected chi connectivity index (χ3v) is 6.62. The molecule has 33 heavy (non-hydrogen) atoms. The number of ketones is 1. The first-order chi connectivity index (χ1) is 15.9. The largest absolute Gasteiger partial charge is 0.372 e. The highest BCUT2D eigenvalue weighted by atomic mass is 16.6. The van der Waals surface area contributed by atoms with Crippen LogP contribution in [0.2, 0.25) is 0 Å². The zero-order valence-electron chi connectivity index (χ0n) is 18.6. The maximum Gasteiger partial charge on any atom is 0.272 e. The van der Waals surface area contributed by atoms with Crippen LogP contribution < -0.4 is 10.6 Å². The van der Waals surface area contributed by atoms with Crippen LogP contribution in [0.4, 0.5) is 17.1 Å². The molecule has 1 heterocycles. The molecule has 3 aromatic carbocycles. The van der Waals surface area contributed by atoms with E-state index in [-0.39, 0.29) is 22.3 Å². The Hall–Kier alpha value is -3.93. The average Bonchev–Trinajstić information content (AvgIpc) is 2.96. The van der Waals surface area contributed by atoms with Gasteiger partial charge in [0.1, 0.15) is 0 Å². The molecule has 2 atom stereocenters. The summed E-state index contributed by atoms with van der Waals surface area (Å²) in [6.45, 7) is 3.78. The summed E-state index contributed by atoms with van der Waals surface area (Å²) < 4.78 is 0. The zero-order chi connectivity index (χ0) is 23.1. The minimum absolute atomic E-state index is 0.0581. The van der Waals surface area contributed by atoms with Gasteiger partial charge in [0.05, 0.1) is 22.3 Å². The number of fused-ring (bicyclic) bond motifs is 1. The lowest BCUT2D eigenvalue weighted by molar-refractivity contribution is -0.385. The molecule has 2 aliphatic rings. The Balaban J connectivity index is 1.62. The molecule has 6 heteroatoms. The first-order valence-electron chi connectivity index (χ1n) is 11.1. The molecule has 0 fully saturated rings. The number of nitrogens with zero attached hydrogens (tertiary/aromatic N) is 1. The number of para-hydroxylation sites is 2. The van der Waals surface area contributed by atoms with Crippen molar-refractivity contribution in [1.82, 2.24) is 0 Å². The van der Waals surface area contributed by atoms with Crippen LogP contribution in [0.1, 0.15) is 47.1 Å². The average molecular weight is 440 g/mol. The summed E-state index contributed by atoms with van der Waals surface area (Å²) in [6.07, 6.45) is 1.11. The summed E-state index contributed by atoms with van der Waals surface area (Å²) >= 11 is 0. The van der Waals surface area contributed by atoms with E-state index < -0.39 is 6.04 Å². The summed E-state index contributed by atoms with van der Waals surface area (Å²) in [4.78, 5) is 24.8. The highest BCUT2D eigenvalue weighted by Gasteiger charge is 2.36. The number of hydrogen-bond acceptors (Lipinski definition) is 5. The van der Waals surface area contributed by atoms with Crippen LogP contribution in [0.25, 0.3) is 0 Å². The number of carbonyl (C=O) groups is 1.